The molecule has 1 saturated carbocycles. The summed E-state index contributed by atoms with van der Waals surface area (Å²) in [6.07, 6.45) is 4.16. The lowest BCUT2D eigenvalue weighted by molar-refractivity contribution is -0.145. The highest BCUT2D eigenvalue weighted by Crippen LogP contribution is 2.23. The summed E-state index contributed by atoms with van der Waals surface area (Å²) in [7, 11) is 0. The van der Waals surface area contributed by atoms with Gasteiger partial charge in [0, 0.05) is 10.9 Å². The first-order valence-corrected chi connectivity index (χ1v) is 9.57. The van der Waals surface area contributed by atoms with Gasteiger partial charge < -0.3 is 10.1 Å². The Morgan fingerprint density at radius 1 is 1.23 bits per heavy atom. The van der Waals surface area contributed by atoms with Crippen molar-refractivity contribution in [3.63, 3.8) is 0 Å². The summed E-state index contributed by atoms with van der Waals surface area (Å²) in [5, 5.41) is 4.94. The molecule has 0 bridgehead atoms. The SMILES string of the molecule is C[C@@H]1CCCC[C@@H]1NC(=O)NC(=O)COC(=O)CSc1ccccc1F. The molecule has 0 heterocycles. The zero-order valence-electron chi connectivity index (χ0n) is 14.6. The molecule has 8 heteroatoms. The van der Waals surface area contributed by atoms with Gasteiger partial charge in [0.25, 0.3) is 5.91 Å². The van der Waals surface area contributed by atoms with Crippen LogP contribution in [0.4, 0.5) is 9.18 Å². The van der Waals surface area contributed by atoms with Gasteiger partial charge in [-0.2, -0.15) is 0 Å². The smallest absolute Gasteiger partial charge is 0.321 e. The molecule has 1 aromatic carbocycles. The molecule has 26 heavy (non-hydrogen) atoms. The standard InChI is InChI=1S/C18H23FN2O4S/c1-12-6-2-4-8-14(12)20-18(24)21-16(22)10-25-17(23)11-26-15-9-5-3-7-13(15)19/h3,5,7,9,12,14H,2,4,6,8,10-11H2,1H3,(H2,20,21,22,24)/t12-,14+/m1/s1. The number of imide groups is 1. The fourth-order valence-electron chi connectivity index (χ4n) is 2.78. The van der Waals surface area contributed by atoms with Crippen molar-refractivity contribution in [3.8, 4) is 0 Å². The molecular weight excluding hydrogens is 359 g/mol. The minimum atomic E-state index is -0.699. The molecular formula is C18H23FN2O4S. The van der Waals surface area contributed by atoms with Gasteiger partial charge in [0.2, 0.25) is 0 Å². The number of ether oxygens (including phenoxy) is 1. The Hall–Kier alpha value is -2.09. The Morgan fingerprint density at radius 3 is 2.69 bits per heavy atom. The van der Waals surface area contributed by atoms with Crippen LogP contribution in [-0.4, -0.2) is 36.3 Å². The molecule has 0 aliphatic heterocycles. The molecule has 1 fully saturated rings. The van der Waals surface area contributed by atoms with Crippen LogP contribution in [0.25, 0.3) is 0 Å². The van der Waals surface area contributed by atoms with E-state index >= 15 is 0 Å². The number of rotatable bonds is 6. The molecule has 142 valence electrons. The number of nitrogens with one attached hydrogen (secondary N) is 2. The first-order valence-electron chi connectivity index (χ1n) is 8.59. The van der Waals surface area contributed by atoms with Crippen molar-refractivity contribution in [2.24, 2.45) is 5.92 Å². The van der Waals surface area contributed by atoms with Crippen LogP contribution in [0.1, 0.15) is 32.6 Å². The average molecular weight is 382 g/mol. The van der Waals surface area contributed by atoms with Gasteiger partial charge in [-0.15, -0.1) is 11.8 Å². The molecule has 1 aliphatic rings. The largest absolute Gasteiger partial charge is 0.455 e. The first kappa shape index (κ1) is 20.2. The van der Waals surface area contributed by atoms with Gasteiger partial charge in [-0.25, -0.2) is 9.18 Å². The Labute approximate surface area is 156 Å². The molecule has 6 nitrogen and oxygen atoms in total. The molecule has 0 radical (unpaired) electrons. The van der Waals surface area contributed by atoms with Crippen molar-refractivity contribution < 1.29 is 23.5 Å². The minimum absolute atomic E-state index is 0.0521. The number of hydrogen-bond donors (Lipinski definition) is 2. The van der Waals surface area contributed by atoms with Crippen LogP contribution in [0.5, 0.6) is 0 Å². The third-order valence-corrected chi connectivity index (χ3v) is 5.25. The van der Waals surface area contributed by atoms with Crippen LogP contribution in [0.15, 0.2) is 29.2 Å². The average Bonchev–Trinajstić information content (AvgIpc) is 2.61. The van der Waals surface area contributed by atoms with Gasteiger partial charge in [0.05, 0.1) is 5.75 Å². The summed E-state index contributed by atoms with van der Waals surface area (Å²) >= 11 is 0.984. The van der Waals surface area contributed by atoms with Crippen LogP contribution in [-0.2, 0) is 14.3 Å². The van der Waals surface area contributed by atoms with Gasteiger partial charge in [0.1, 0.15) is 5.82 Å². The van der Waals surface area contributed by atoms with Crippen LogP contribution >= 0.6 is 11.8 Å². The van der Waals surface area contributed by atoms with E-state index in [2.05, 4.69) is 17.6 Å². The van der Waals surface area contributed by atoms with E-state index in [0.717, 1.165) is 37.4 Å². The molecule has 2 rings (SSSR count). The number of benzene rings is 1. The number of thioether (sulfide) groups is 1. The van der Waals surface area contributed by atoms with Gasteiger partial charge in [-0.05, 0) is 30.9 Å². The normalized spacial score (nSPS) is 19.5. The minimum Gasteiger partial charge on any atom is -0.455 e. The quantitative estimate of drug-likeness (QED) is 0.584. The molecule has 0 spiro atoms. The first-order chi connectivity index (χ1) is 12.5. The lowest BCUT2D eigenvalue weighted by Crippen LogP contribution is -2.48. The Kier molecular flexibility index (Phi) is 7.90. The maximum atomic E-state index is 13.4. The van der Waals surface area contributed by atoms with E-state index in [4.69, 9.17) is 4.74 Å². The van der Waals surface area contributed by atoms with Crippen molar-refractivity contribution in [1.82, 2.24) is 10.6 Å². The van der Waals surface area contributed by atoms with E-state index in [1.165, 1.54) is 6.07 Å². The fraction of sp³-hybridized carbons (Fsp3) is 0.500. The van der Waals surface area contributed by atoms with E-state index in [0.29, 0.717) is 10.8 Å². The number of carbonyl (C=O) groups is 3. The van der Waals surface area contributed by atoms with Crippen LogP contribution in [0.3, 0.4) is 0 Å². The highest BCUT2D eigenvalue weighted by atomic mass is 32.2. The molecule has 2 N–H and O–H groups in total. The number of urea groups is 1. The van der Waals surface area contributed by atoms with E-state index in [9.17, 15) is 18.8 Å². The molecule has 2 atom stereocenters. The summed E-state index contributed by atoms with van der Waals surface area (Å²) in [5.74, 6) is -1.53. The summed E-state index contributed by atoms with van der Waals surface area (Å²) in [5.41, 5.74) is 0. The zero-order chi connectivity index (χ0) is 18.9. The van der Waals surface area contributed by atoms with Crippen molar-refractivity contribution in [2.75, 3.05) is 12.4 Å². The summed E-state index contributed by atoms with van der Waals surface area (Å²) < 4.78 is 18.2. The highest BCUT2D eigenvalue weighted by molar-refractivity contribution is 8.00. The third kappa shape index (κ3) is 6.67. The molecule has 0 unspecified atom stereocenters. The fourth-order valence-corrected chi connectivity index (χ4v) is 3.52. The Morgan fingerprint density at radius 2 is 1.96 bits per heavy atom. The van der Waals surface area contributed by atoms with Gasteiger partial charge in [-0.3, -0.25) is 14.9 Å². The zero-order valence-corrected chi connectivity index (χ0v) is 15.4. The van der Waals surface area contributed by atoms with Crippen molar-refractivity contribution >= 4 is 29.7 Å². The van der Waals surface area contributed by atoms with E-state index in [1.54, 1.807) is 18.2 Å². The van der Waals surface area contributed by atoms with E-state index in [1.807, 2.05) is 0 Å². The predicted molar refractivity (Wildman–Crippen MR) is 96.2 cm³/mol. The van der Waals surface area contributed by atoms with Crippen LogP contribution in [0.2, 0.25) is 0 Å². The molecule has 1 aromatic rings. The summed E-state index contributed by atoms with van der Waals surface area (Å²) in [4.78, 5) is 35.5. The Balaban J connectivity index is 1.65. The topological polar surface area (TPSA) is 84.5 Å². The number of esters is 1. The second-order valence-corrected chi connectivity index (χ2v) is 7.29. The predicted octanol–water partition coefficient (Wildman–Crippen LogP) is 2.87. The lowest BCUT2D eigenvalue weighted by Gasteiger charge is -2.29. The molecule has 3 amide bonds. The monoisotopic (exact) mass is 382 g/mol. The van der Waals surface area contributed by atoms with Crippen molar-refractivity contribution in [3.05, 3.63) is 30.1 Å². The van der Waals surface area contributed by atoms with Crippen LogP contribution in [0, 0.1) is 11.7 Å². The van der Waals surface area contributed by atoms with Gasteiger partial charge in [0.15, 0.2) is 6.61 Å². The van der Waals surface area contributed by atoms with Gasteiger partial charge >= 0.3 is 12.0 Å². The second kappa shape index (κ2) is 10.2. The summed E-state index contributed by atoms with van der Waals surface area (Å²) in [6, 6.07) is 5.54. The second-order valence-electron chi connectivity index (χ2n) is 6.27. The molecule has 1 aliphatic carbocycles. The Bertz CT molecular complexity index is 656. The van der Waals surface area contributed by atoms with E-state index in [-0.39, 0.29) is 11.8 Å². The highest BCUT2D eigenvalue weighted by Gasteiger charge is 2.23. The lowest BCUT2D eigenvalue weighted by atomic mass is 9.86. The number of hydrogen-bond acceptors (Lipinski definition) is 5. The maximum Gasteiger partial charge on any atom is 0.321 e. The molecule has 0 saturated heterocycles. The third-order valence-electron chi connectivity index (χ3n) is 4.23. The van der Waals surface area contributed by atoms with E-state index < -0.39 is 30.3 Å². The number of carbonyl (C=O) groups excluding carboxylic acids is 3. The number of halogens is 1. The van der Waals surface area contributed by atoms with Crippen LogP contribution < -0.4 is 10.6 Å². The van der Waals surface area contributed by atoms with Crippen molar-refractivity contribution in [2.45, 2.75) is 43.5 Å². The van der Waals surface area contributed by atoms with Crippen molar-refractivity contribution in [1.29, 1.82) is 0 Å². The maximum absolute atomic E-state index is 13.4. The molecule has 0 aromatic heterocycles. The van der Waals surface area contributed by atoms with Gasteiger partial charge in [-0.1, -0.05) is 31.9 Å². The number of amides is 3. The summed E-state index contributed by atoms with van der Waals surface area (Å²) in [6.45, 7) is 1.52.